The van der Waals surface area contributed by atoms with E-state index in [4.69, 9.17) is 9.47 Å². The van der Waals surface area contributed by atoms with Crippen molar-refractivity contribution in [2.24, 2.45) is 11.8 Å². The van der Waals surface area contributed by atoms with Crippen molar-refractivity contribution < 1.29 is 28.7 Å². The van der Waals surface area contributed by atoms with E-state index in [1.165, 1.54) is 0 Å². The molecule has 2 unspecified atom stereocenters. The van der Waals surface area contributed by atoms with Crippen LogP contribution in [0.25, 0.3) is 0 Å². The molecule has 0 N–H and O–H groups in total. The fourth-order valence-electron chi connectivity index (χ4n) is 4.03. The summed E-state index contributed by atoms with van der Waals surface area (Å²) in [5.74, 6) is -2.99. The normalized spacial score (nSPS) is 20.7. The van der Waals surface area contributed by atoms with Crippen LogP contribution in [0.3, 0.4) is 0 Å². The van der Waals surface area contributed by atoms with Gasteiger partial charge < -0.3 is 9.47 Å². The van der Waals surface area contributed by atoms with Gasteiger partial charge in [-0.3, -0.25) is 0 Å². The Kier molecular flexibility index (Phi) is 9.71. The number of rotatable bonds is 10. The van der Waals surface area contributed by atoms with E-state index in [0.717, 1.165) is 76.4 Å². The highest BCUT2D eigenvalue weighted by Crippen LogP contribution is 2.32. The molecule has 0 aromatic heterocycles. The van der Waals surface area contributed by atoms with E-state index in [0.29, 0.717) is 11.1 Å². The molecular weight excluding hydrogens is 384 g/mol. The summed E-state index contributed by atoms with van der Waals surface area (Å²) in [6.45, 7) is 4.17. The highest BCUT2D eigenvalue weighted by atomic mass is 16.6. The third kappa shape index (κ3) is 7.08. The van der Waals surface area contributed by atoms with Gasteiger partial charge in [0.05, 0.1) is 0 Å². The lowest BCUT2D eigenvalue weighted by Gasteiger charge is -2.12. The average Bonchev–Trinajstić information content (AvgIpc) is 3.38. The minimum atomic E-state index is -0.952. The van der Waals surface area contributed by atoms with Crippen LogP contribution < -0.4 is 0 Å². The van der Waals surface area contributed by atoms with Crippen LogP contribution in [0.4, 0.5) is 0 Å². The first-order valence-electron chi connectivity index (χ1n) is 11.1. The molecule has 0 amide bonds. The van der Waals surface area contributed by atoms with Crippen LogP contribution in [0.15, 0.2) is 35.5 Å². The predicted molar refractivity (Wildman–Crippen MR) is 112 cm³/mol. The Hall–Kier alpha value is -2.50. The van der Waals surface area contributed by atoms with Crippen molar-refractivity contribution in [1.29, 1.82) is 0 Å². The largest absolute Gasteiger partial charge is 0.386 e. The zero-order valence-corrected chi connectivity index (χ0v) is 18.0. The van der Waals surface area contributed by atoms with E-state index in [-0.39, 0.29) is 11.8 Å². The van der Waals surface area contributed by atoms with Crippen molar-refractivity contribution in [3.05, 3.63) is 35.5 Å². The summed E-state index contributed by atoms with van der Waals surface area (Å²) in [7, 11) is 0. The first-order chi connectivity index (χ1) is 14.5. The summed E-state index contributed by atoms with van der Waals surface area (Å²) in [6, 6.07) is 0. The summed E-state index contributed by atoms with van der Waals surface area (Å²) in [5, 5.41) is 0. The van der Waals surface area contributed by atoms with Gasteiger partial charge in [-0.15, -0.1) is 0 Å². The van der Waals surface area contributed by atoms with Crippen molar-refractivity contribution in [1.82, 2.24) is 0 Å². The Morgan fingerprint density at radius 3 is 1.57 bits per heavy atom. The minimum Gasteiger partial charge on any atom is -0.386 e. The molecule has 2 aliphatic rings. The molecular formula is C24H32O6. The predicted octanol–water partition coefficient (Wildman–Crippen LogP) is 4.74. The Morgan fingerprint density at radius 2 is 1.20 bits per heavy atom. The van der Waals surface area contributed by atoms with E-state index in [2.05, 4.69) is 13.8 Å². The molecule has 30 heavy (non-hydrogen) atoms. The monoisotopic (exact) mass is 416 g/mol. The van der Waals surface area contributed by atoms with Gasteiger partial charge in [-0.2, -0.15) is 0 Å². The second-order valence-corrected chi connectivity index (χ2v) is 7.90. The van der Waals surface area contributed by atoms with E-state index in [9.17, 15) is 19.2 Å². The number of carbonyl (C=O) groups excluding carboxylic acids is 4. The lowest BCUT2D eigenvalue weighted by Crippen LogP contribution is -2.18. The molecule has 0 saturated carbocycles. The lowest BCUT2D eigenvalue weighted by atomic mass is 9.95. The highest BCUT2D eigenvalue weighted by molar-refractivity contribution is 6.04. The maximum atomic E-state index is 12.2. The molecule has 0 aromatic rings. The van der Waals surface area contributed by atoms with Gasteiger partial charge in [0.25, 0.3) is 0 Å². The zero-order valence-electron chi connectivity index (χ0n) is 18.0. The molecule has 0 spiro atoms. The van der Waals surface area contributed by atoms with Crippen molar-refractivity contribution >= 4 is 23.9 Å². The van der Waals surface area contributed by atoms with Crippen molar-refractivity contribution in [2.45, 2.75) is 78.1 Å². The molecule has 0 bridgehead atoms. The van der Waals surface area contributed by atoms with Gasteiger partial charge >= 0.3 is 23.9 Å². The topological polar surface area (TPSA) is 86.7 Å². The van der Waals surface area contributed by atoms with Gasteiger partial charge in [-0.25, -0.2) is 19.2 Å². The number of carbonyl (C=O) groups is 4. The van der Waals surface area contributed by atoms with E-state index >= 15 is 0 Å². The molecule has 2 aliphatic carbocycles. The molecule has 2 atom stereocenters. The van der Waals surface area contributed by atoms with Crippen LogP contribution in [0.1, 0.15) is 78.1 Å². The summed E-state index contributed by atoms with van der Waals surface area (Å²) < 4.78 is 9.65. The van der Waals surface area contributed by atoms with Gasteiger partial charge in [-0.1, -0.05) is 51.7 Å². The maximum absolute atomic E-state index is 12.2. The van der Waals surface area contributed by atoms with Crippen molar-refractivity contribution in [3.8, 4) is 0 Å². The van der Waals surface area contributed by atoms with Crippen LogP contribution in [-0.2, 0) is 28.7 Å². The maximum Gasteiger partial charge on any atom is 0.341 e. The van der Waals surface area contributed by atoms with Gasteiger partial charge in [0.1, 0.15) is 0 Å². The molecule has 2 rings (SSSR count). The fourth-order valence-corrected chi connectivity index (χ4v) is 4.03. The van der Waals surface area contributed by atoms with Crippen LogP contribution >= 0.6 is 0 Å². The Balaban J connectivity index is 1.81. The van der Waals surface area contributed by atoms with Crippen LogP contribution in [0.5, 0.6) is 0 Å². The summed E-state index contributed by atoms with van der Waals surface area (Å²) in [6.07, 6.45) is 14.5. The highest BCUT2D eigenvalue weighted by Gasteiger charge is 2.28. The van der Waals surface area contributed by atoms with Gasteiger partial charge in [0, 0.05) is 23.3 Å². The molecule has 0 heterocycles. The van der Waals surface area contributed by atoms with Crippen LogP contribution in [0.2, 0.25) is 0 Å². The number of allylic oxidation sites excluding steroid dienone is 2. The molecule has 0 saturated heterocycles. The summed E-state index contributed by atoms with van der Waals surface area (Å²) >= 11 is 0. The molecule has 0 aliphatic heterocycles. The minimum absolute atomic E-state index is 0.122. The van der Waals surface area contributed by atoms with Crippen LogP contribution in [0, 0.1) is 11.8 Å². The first-order valence-corrected chi connectivity index (χ1v) is 11.1. The fraction of sp³-hybridized carbons (Fsp3) is 0.583. The molecule has 6 nitrogen and oxygen atoms in total. The van der Waals surface area contributed by atoms with Gasteiger partial charge in [-0.05, 0) is 50.4 Å². The number of hydrogen-bond acceptors (Lipinski definition) is 6. The van der Waals surface area contributed by atoms with Gasteiger partial charge in [0.15, 0.2) is 0 Å². The summed E-state index contributed by atoms with van der Waals surface area (Å²) in [4.78, 5) is 48.2. The smallest absolute Gasteiger partial charge is 0.341 e. The first kappa shape index (κ1) is 23.8. The number of hydrogen-bond donors (Lipinski definition) is 0. The quantitative estimate of drug-likeness (QED) is 0.291. The van der Waals surface area contributed by atoms with Crippen LogP contribution in [-0.4, -0.2) is 23.9 Å². The zero-order chi connectivity index (χ0) is 21.9. The van der Waals surface area contributed by atoms with E-state index in [1.54, 1.807) is 0 Å². The second kappa shape index (κ2) is 12.3. The standard InChI is InChI=1S/C24H32O6/c1-3-5-9-17-11-7-13-19(17)23(27)29-21(25)15-16-22(26)30-24(28)20-14-8-12-18(20)10-6-4-2/h13-18H,3-12H2,1-2H3/b16-15-. The van der Waals surface area contributed by atoms with Crippen molar-refractivity contribution in [2.75, 3.05) is 0 Å². The van der Waals surface area contributed by atoms with Gasteiger partial charge in [0.2, 0.25) is 0 Å². The molecule has 0 radical (unpaired) electrons. The SMILES string of the molecule is CCCCC1CCC=C1C(=O)OC(=O)/C=C\C(=O)OC(=O)C1=CCCC1CCCC. The lowest BCUT2D eigenvalue weighted by molar-refractivity contribution is -0.156. The van der Waals surface area contributed by atoms with E-state index in [1.807, 2.05) is 12.2 Å². The third-order valence-corrected chi connectivity index (χ3v) is 5.66. The molecule has 164 valence electrons. The number of unbranched alkanes of at least 4 members (excludes halogenated alkanes) is 2. The Labute approximate surface area is 178 Å². The Bertz CT molecular complexity index is 681. The second-order valence-electron chi connectivity index (χ2n) is 7.90. The number of esters is 4. The molecule has 0 fully saturated rings. The molecule has 6 heteroatoms. The Morgan fingerprint density at radius 1 is 0.800 bits per heavy atom. The molecule has 0 aromatic carbocycles. The number of ether oxygens (including phenoxy) is 2. The summed E-state index contributed by atoms with van der Waals surface area (Å²) in [5.41, 5.74) is 1.07. The van der Waals surface area contributed by atoms with E-state index < -0.39 is 23.9 Å². The average molecular weight is 417 g/mol. The van der Waals surface area contributed by atoms with Crippen molar-refractivity contribution in [3.63, 3.8) is 0 Å². The third-order valence-electron chi connectivity index (χ3n) is 5.66.